The number of likely N-dealkylation sites (tertiary alicyclic amines) is 1. The highest BCUT2D eigenvalue weighted by Gasteiger charge is 2.18. The van der Waals surface area contributed by atoms with E-state index in [1.165, 1.54) is 18.6 Å². The lowest BCUT2D eigenvalue weighted by Crippen LogP contribution is -2.33. The van der Waals surface area contributed by atoms with E-state index in [-0.39, 0.29) is 0 Å². The van der Waals surface area contributed by atoms with Crippen LogP contribution in [0, 0.1) is 11.6 Å². The molecule has 1 aliphatic rings. The van der Waals surface area contributed by atoms with Crippen molar-refractivity contribution in [3.05, 3.63) is 35.4 Å². The fourth-order valence-corrected chi connectivity index (χ4v) is 2.75. The molecule has 0 aromatic heterocycles. The topological polar surface area (TPSA) is 15.3 Å². The number of nitrogens with zero attached hydrogens (tertiary/aromatic N) is 1. The maximum absolute atomic E-state index is 13.1. The highest BCUT2D eigenvalue weighted by Crippen LogP contribution is 2.14. The zero-order valence-electron chi connectivity index (χ0n) is 12.3. The molecule has 20 heavy (non-hydrogen) atoms. The Bertz CT molecular complexity index is 434. The molecule has 0 bridgehead atoms. The molecule has 2 rings (SSSR count). The van der Waals surface area contributed by atoms with E-state index in [0.29, 0.717) is 18.6 Å². The van der Waals surface area contributed by atoms with Crippen LogP contribution >= 0.6 is 0 Å². The Hall–Kier alpha value is -1.00. The minimum absolute atomic E-state index is 0.465. The van der Waals surface area contributed by atoms with Crippen LogP contribution in [-0.2, 0) is 6.54 Å². The van der Waals surface area contributed by atoms with Crippen molar-refractivity contribution in [3.63, 3.8) is 0 Å². The quantitative estimate of drug-likeness (QED) is 0.911. The average molecular weight is 282 g/mol. The van der Waals surface area contributed by atoms with Gasteiger partial charge in [0.15, 0.2) is 11.6 Å². The van der Waals surface area contributed by atoms with Crippen molar-refractivity contribution in [2.75, 3.05) is 13.1 Å². The van der Waals surface area contributed by atoms with Crippen LogP contribution in [0.5, 0.6) is 0 Å². The molecule has 0 spiro atoms. The van der Waals surface area contributed by atoms with Gasteiger partial charge in [0.1, 0.15) is 0 Å². The molecule has 112 valence electrons. The highest BCUT2D eigenvalue weighted by atomic mass is 19.2. The standard InChI is InChI=1S/C16H24F2N2/c1-12(2)20-8-3-4-14(7-9-20)19-11-13-5-6-15(17)16(18)10-13/h5-6,10,12,14,19H,3-4,7-9,11H2,1-2H3. The number of benzene rings is 1. The number of hydrogen-bond acceptors (Lipinski definition) is 2. The lowest BCUT2D eigenvalue weighted by atomic mass is 10.1. The van der Waals surface area contributed by atoms with Crippen LogP contribution in [0.25, 0.3) is 0 Å². The Morgan fingerprint density at radius 3 is 2.70 bits per heavy atom. The molecular formula is C16H24F2N2. The molecule has 0 amide bonds. The molecular weight excluding hydrogens is 258 g/mol. The average Bonchev–Trinajstić information content (AvgIpc) is 2.66. The van der Waals surface area contributed by atoms with Crippen molar-refractivity contribution < 1.29 is 8.78 Å². The minimum atomic E-state index is -0.782. The van der Waals surface area contributed by atoms with Gasteiger partial charge in [-0.2, -0.15) is 0 Å². The molecule has 0 saturated carbocycles. The first kappa shape index (κ1) is 15.4. The number of halogens is 2. The molecule has 4 heteroatoms. The van der Waals surface area contributed by atoms with Crippen LogP contribution in [0.4, 0.5) is 8.78 Å². The summed E-state index contributed by atoms with van der Waals surface area (Å²) in [5.74, 6) is -1.55. The van der Waals surface area contributed by atoms with E-state index in [1.54, 1.807) is 6.07 Å². The van der Waals surface area contributed by atoms with Gasteiger partial charge in [-0.15, -0.1) is 0 Å². The molecule has 1 atom stereocenters. The monoisotopic (exact) mass is 282 g/mol. The van der Waals surface area contributed by atoms with Gasteiger partial charge in [0, 0.05) is 18.6 Å². The molecule has 1 saturated heterocycles. The van der Waals surface area contributed by atoms with Crippen molar-refractivity contribution in [1.82, 2.24) is 10.2 Å². The molecule has 1 heterocycles. The van der Waals surface area contributed by atoms with Gasteiger partial charge in [-0.05, 0) is 63.9 Å². The SMILES string of the molecule is CC(C)N1CCCC(NCc2ccc(F)c(F)c2)CC1. The second kappa shape index (κ2) is 7.14. The van der Waals surface area contributed by atoms with Gasteiger partial charge in [0.05, 0.1) is 0 Å². The Morgan fingerprint density at radius 2 is 2.00 bits per heavy atom. The number of hydrogen-bond donors (Lipinski definition) is 1. The van der Waals surface area contributed by atoms with Crippen molar-refractivity contribution in [2.45, 2.75) is 51.7 Å². The summed E-state index contributed by atoms with van der Waals surface area (Å²) in [6.45, 7) is 7.32. The summed E-state index contributed by atoms with van der Waals surface area (Å²) in [6, 6.07) is 5.17. The zero-order valence-corrected chi connectivity index (χ0v) is 12.3. The van der Waals surface area contributed by atoms with E-state index in [4.69, 9.17) is 0 Å². The van der Waals surface area contributed by atoms with Gasteiger partial charge in [0.2, 0.25) is 0 Å². The van der Waals surface area contributed by atoms with Crippen molar-refractivity contribution in [1.29, 1.82) is 0 Å². The summed E-state index contributed by atoms with van der Waals surface area (Å²) < 4.78 is 26.0. The van der Waals surface area contributed by atoms with Gasteiger partial charge in [-0.25, -0.2) is 8.78 Å². The third-order valence-corrected chi connectivity index (χ3v) is 4.07. The summed E-state index contributed by atoms with van der Waals surface area (Å²) in [4.78, 5) is 2.50. The molecule has 0 radical (unpaired) electrons. The first-order chi connectivity index (χ1) is 9.56. The summed E-state index contributed by atoms with van der Waals surface area (Å²) in [5, 5.41) is 3.47. The third-order valence-electron chi connectivity index (χ3n) is 4.07. The molecule has 1 N–H and O–H groups in total. The molecule has 1 aromatic carbocycles. The van der Waals surface area contributed by atoms with Gasteiger partial charge in [-0.1, -0.05) is 6.07 Å². The van der Waals surface area contributed by atoms with Crippen LogP contribution in [-0.4, -0.2) is 30.1 Å². The lowest BCUT2D eigenvalue weighted by molar-refractivity contribution is 0.229. The van der Waals surface area contributed by atoms with E-state index in [0.717, 1.165) is 31.5 Å². The third kappa shape index (κ3) is 4.25. The van der Waals surface area contributed by atoms with E-state index in [1.807, 2.05) is 0 Å². The van der Waals surface area contributed by atoms with Crippen LogP contribution in [0.3, 0.4) is 0 Å². The minimum Gasteiger partial charge on any atom is -0.310 e. The Balaban J connectivity index is 1.83. The predicted octanol–water partition coefficient (Wildman–Crippen LogP) is 3.32. The first-order valence-corrected chi connectivity index (χ1v) is 7.47. The van der Waals surface area contributed by atoms with Gasteiger partial charge in [-0.3, -0.25) is 0 Å². The molecule has 2 nitrogen and oxygen atoms in total. The van der Waals surface area contributed by atoms with Crippen molar-refractivity contribution >= 4 is 0 Å². The molecule has 1 aromatic rings. The zero-order chi connectivity index (χ0) is 14.5. The molecule has 0 aliphatic carbocycles. The smallest absolute Gasteiger partial charge is 0.159 e. The Morgan fingerprint density at radius 1 is 1.20 bits per heavy atom. The van der Waals surface area contributed by atoms with Crippen LogP contribution in [0.1, 0.15) is 38.7 Å². The Labute approximate surface area is 120 Å². The molecule has 1 aliphatic heterocycles. The van der Waals surface area contributed by atoms with E-state index in [9.17, 15) is 8.78 Å². The van der Waals surface area contributed by atoms with Crippen LogP contribution in [0.15, 0.2) is 18.2 Å². The van der Waals surface area contributed by atoms with Crippen molar-refractivity contribution in [3.8, 4) is 0 Å². The second-order valence-electron chi connectivity index (χ2n) is 5.89. The molecule has 1 fully saturated rings. The largest absolute Gasteiger partial charge is 0.310 e. The predicted molar refractivity (Wildman–Crippen MR) is 77.5 cm³/mol. The van der Waals surface area contributed by atoms with Crippen LogP contribution < -0.4 is 5.32 Å². The fourth-order valence-electron chi connectivity index (χ4n) is 2.75. The van der Waals surface area contributed by atoms with Gasteiger partial charge >= 0.3 is 0 Å². The van der Waals surface area contributed by atoms with Gasteiger partial charge in [0.25, 0.3) is 0 Å². The normalized spacial score (nSPS) is 21.1. The van der Waals surface area contributed by atoms with Crippen LogP contribution in [0.2, 0.25) is 0 Å². The van der Waals surface area contributed by atoms with E-state index in [2.05, 4.69) is 24.1 Å². The van der Waals surface area contributed by atoms with Gasteiger partial charge < -0.3 is 10.2 Å². The summed E-state index contributed by atoms with van der Waals surface area (Å²) in [6.07, 6.45) is 3.45. The second-order valence-corrected chi connectivity index (χ2v) is 5.89. The summed E-state index contributed by atoms with van der Waals surface area (Å²) in [7, 11) is 0. The summed E-state index contributed by atoms with van der Waals surface area (Å²) >= 11 is 0. The fraction of sp³-hybridized carbons (Fsp3) is 0.625. The van der Waals surface area contributed by atoms with Crippen molar-refractivity contribution in [2.24, 2.45) is 0 Å². The highest BCUT2D eigenvalue weighted by molar-refractivity contribution is 5.17. The number of rotatable bonds is 4. The molecule has 1 unspecified atom stereocenters. The maximum atomic E-state index is 13.1. The number of nitrogens with one attached hydrogen (secondary N) is 1. The maximum Gasteiger partial charge on any atom is 0.159 e. The Kier molecular flexibility index (Phi) is 5.49. The first-order valence-electron chi connectivity index (χ1n) is 7.47. The van der Waals surface area contributed by atoms with E-state index >= 15 is 0 Å². The van der Waals surface area contributed by atoms with E-state index < -0.39 is 11.6 Å². The summed E-state index contributed by atoms with van der Waals surface area (Å²) in [5.41, 5.74) is 0.800. The lowest BCUT2D eigenvalue weighted by Gasteiger charge is -2.24.